The van der Waals surface area contributed by atoms with E-state index < -0.39 is 0 Å². The highest BCUT2D eigenvalue weighted by Crippen LogP contribution is 2.28. The van der Waals surface area contributed by atoms with Gasteiger partial charge in [0, 0.05) is 18.0 Å². The summed E-state index contributed by atoms with van der Waals surface area (Å²) in [6.45, 7) is 6.79. The molecular formula is C17H24ClN3OS. The minimum atomic E-state index is -0.132. The molecule has 1 unspecified atom stereocenters. The Kier molecular flexibility index (Phi) is 7.19. The quantitative estimate of drug-likeness (QED) is 0.835. The number of thiazole rings is 1. The third kappa shape index (κ3) is 5.30. The molecule has 1 amide bonds. The number of halogens is 1. The topological polar surface area (TPSA) is 68.0 Å². The molecule has 6 heteroatoms. The molecule has 2 aromatic rings. The maximum absolute atomic E-state index is 12.2. The minimum absolute atomic E-state index is 0. The van der Waals surface area contributed by atoms with Gasteiger partial charge in [-0.3, -0.25) is 4.79 Å². The lowest BCUT2D eigenvalue weighted by Crippen LogP contribution is -2.37. The van der Waals surface area contributed by atoms with Crippen LogP contribution in [-0.4, -0.2) is 16.9 Å². The molecule has 0 saturated carbocycles. The maximum Gasteiger partial charge on any atom is 0.270 e. The second kappa shape index (κ2) is 8.43. The summed E-state index contributed by atoms with van der Waals surface area (Å²) < 4.78 is 0. The van der Waals surface area contributed by atoms with Crippen LogP contribution in [0.1, 0.15) is 48.3 Å². The zero-order valence-corrected chi connectivity index (χ0v) is 15.3. The average Bonchev–Trinajstić information content (AvgIpc) is 2.96. The third-order valence-electron chi connectivity index (χ3n) is 3.71. The first-order valence-corrected chi connectivity index (χ1v) is 8.31. The summed E-state index contributed by atoms with van der Waals surface area (Å²) >= 11 is 1.42. The number of hydrogen-bond donors (Lipinski definition) is 2. The van der Waals surface area contributed by atoms with Gasteiger partial charge in [-0.15, -0.1) is 23.7 Å². The zero-order valence-electron chi connectivity index (χ0n) is 13.7. The first-order valence-electron chi connectivity index (χ1n) is 7.43. The molecule has 0 saturated heterocycles. The molecule has 1 aromatic carbocycles. The van der Waals surface area contributed by atoms with Crippen LogP contribution in [0.5, 0.6) is 0 Å². The van der Waals surface area contributed by atoms with Crippen LogP contribution in [0, 0.1) is 0 Å². The van der Waals surface area contributed by atoms with Gasteiger partial charge in [0.1, 0.15) is 10.7 Å². The molecule has 4 nitrogen and oxygen atoms in total. The Labute approximate surface area is 147 Å². The summed E-state index contributed by atoms with van der Waals surface area (Å²) in [5.41, 5.74) is 7.25. The standard InChI is InChI=1S/C17H23N3OS.ClH/c1-12(9-17(2,3)13-7-5-4-6-8-13)19-16(21)14-11-22-15(10-18)20-14;/h4-8,11-12H,9-10,18H2,1-3H3,(H,19,21);1H. The molecule has 0 aliphatic carbocycles. The van der Waals surface area contributed by atoms with Gasteiger partial charge in [-0.25, -0.2) is 4.98 Å². The fraction of sp³-hybridized carbons (Fsp3) is 0.412. The van der Waals surface area contributed by atoms with Gasteiger partial charge in [-0.05, 0) is 24.3 Å². The molecule has 0 aliphatic heterocycles. The Hall–Kier alpha value is -1.43. The van der Waals surface area contributed by atoms with Gasteiger partial charge in [-0.1, -0.05) is 44.2 Å². The Morgan fingerprint density at radius 3 is 2.57 bits per heavy atom. The SMILES string of the molecule is CC(CC(C)(C)c1ccccc1)NC(=O)c1csc(CN)n1.Cl. The number of nitrogens with zero attached hydrogens (tertiary/aromatic N) is 1. The first kappa shape index (κ1) is 19.6. The largest absolute Gasteiger partial charge is 0.348 e. The van der Waals surface area contributed by atoms with E-state index in [1.165, 1.54) is 16.9 Å². The van der Waals surface area contributed by atoms with Crippen molar-refractivity contribution in [1.29, 1.82) is 0 Å². The number of hydrogen-bond acceptors (Lipinski definition) is 4. The van der Waals surface area contributed by atoms with Crippen LogP contribution < -0.4 is 11.1 Å². The minimum Gasteiger partial charge on any atom is -0.348 e. The summed E-state index contributed by atoms with van der Waals surface area (Å²) in [5, 5.41) is 5.56. The first-order chi connectivity index (χ1) is 10.4. The van der Waals surface area contributed by atoms with Crippen molar-refractivity contribution in [3.63, 3.8) is 0 Å². The molecule has 23 heavy (non-hydrogen) atoms. The molecule has 1 aromatic heterocycles. The molecule has 1 heterocycles. The molecule has 0 bridgehead atoms. The number of benzene rings is 1. The average molecular weight is 354 g/mol. The lowest BCUT2D eigenvalue weighted by atomic mass is 9.79. The van der Waals surface area contributed by atoms with Gasteiger partial charge in [0.25, 0.3) is 5.91 Å². The molecule has 3 N–H and O–H groups in total. The van der Waals surface area contributed by atoms with E-state index in [0.717, 1.165) is 11.4 Å². The van der Waals surface area contributed by atoms with Gasteiger partial charge in [-0.2, -0.15) is 0 Å². The monoisotopic (exact) mass is 353 g/mol. The van der Waals surface area contributed by atoms with E-state index in [1.807, 2.05) is 25.1 Å². The van der Waals surface area contributed by atoms with Crippen LogP contribution in [0.25, 0.3) is 0 Å². The fourth-order valence-corrected chi connectivity index (χ4v) is 3.29. The van der Waals surface area contributed by atoms with Crippen molar-refractivity contribution in [3.8, 4) is 0 Å². The summed E-state index contributed by atoms with van der Waals surface area (Å²) in [6.07, 6.45) is 0.858. The van der Waals surface area contributed by atoms with E-state index in [2.05, 4.69) is 36.3 Å². The van der Waals surface area contributed by atoms with E-state index in [0.29, 0.717) is 12.2 Å². The Balaban J connectivity index is 0.00000264. The second-order valence-electron chi connectivity index (χ2n) is 6.16. The van der Waals surface area contributed by atoms with Gasteiger partial charge >= 0.3 is 0 Å². The molecule has 2 rings (SSSR count). The highest BCUT2D eigenvalue weighted by atomic mass is 35.5. The predicted molar refractivity (Wildman–Crippen MR) is 98.3 cm³/mol. The van der Waals surface area contributed by atoms with Crippen molar-refractivity contribution in [2.45, 2.75) is 45.2 Å². The highest BCUT2D eigenvalue weighted by Gasteiger charge is 2.24. The molecular weight excluding hydrogens is 330 g/mol. The van der Waals surface area contributed by atoms with Crippen LogP contribution in [0.4, 0.5) is 0 Å². The number of aromatic nitrogens is 1. The van der Waals surface area contributed by atoms with E-state index in [9.17, 15) is 4.79 Å². The van der Waals surface area contributed by atoms with Gasteiger partial charge in [0.05, 0.1) is 0 Å². The Morgan fingerprint density at radius 2 is 2.00 bits per heavy atom. The number of carbonyl (C=O) groups excluding carboxylic acids is 1. The van der Waals surface area contributed by atoms with Crippen LogP contribution >= 0.6 is 23.7 Å². The molecule has 0 fully saturated rings. The lowest BCUT2D eigenvalue weighted by molar-refractivity contribution is 0.0930. The number of nitrogens with two attached hydrogens (primary N) is 1. The third-order valence-corrected chi connectivity index (χ3v) is 4.58. The van der Waals surface area contributed by atoms with Gasteiger partial charge < -0.3 is 11.1 Å². The summed E-state index contributed by atoms with van der Waals surface area (Å²) in [5.74, 6) is -0.132. The smallest absolute Gasteiger partial charge is 0.270 e. The van der Waals surface area contributed by atoms with Crippen molar-refractivity contribution < 1.29 is 4.79 Å². The number of carbonyl (C=O) groups is 1. The van der Waals surface area contributed by atoms with Crippen molar-refractivity contribution in [2.24, 2.45) is 5.73 Å². The van der Waals surface area contributed by atoms with E-state index in [-0.39, 0.29) is 29.8 Å². The Bertz CT molecular complexity index is 628. The normalized spacial score (nSPS) is 12.3. The van der Waals surface area contributed by atoms with Gasteiger partial charge in [0.2, 0.25) is 0 Å². The van der Waals surface area contributed by atoms with Crippen LogP contribution in [-0.2, 0) is 12.0 Å². The molecule has 0 radical (unpaired) electrons. The van der Waals surface area contributed by atoms with Crippen molar-refractivity contribution in [3.05, 3.63) is 52.0 Å². The number of nitrogens with one attached hydrogen (secondary N) is 1. The van der Waals surface area contributed by atoms with E-state index in [4.69, 9.17) is 5.73 Å². The highest BCUT2D eigenvalue weighted by molar-refractivity contribution is 7.09. The molecule has 126 valence electrons. The van der Waals surface area contributed by atoms with Crippen LogP contribution in [0.2, 0.25) is 0 Å². The number of amides is 1. The van der Waals surface area contributed by atoms with Crippen LogP contribution in [0.15, 0.2) is 35.7 Å². The molecule has 0 spiro atoms. The number of rotatable bonds is 6. The maximum atomic E-state index is 12.2. The predicted octanol–water partition coefficient (Wildman–Crippen LogP) is 3.51. The zero-order chi connectivity index (χ0) is 16.2. The molecule has 1 atom stereocenters. The van der Waals surface area contributed by atoms with Crippen molar-refractivity contribution in [1.82, 2.24) is 10.3 Å². The van der Waals surface area contributed by atoms with Crippen LogP contribution in [0.3, 0.4) is 0 Å². The summed E-state index contributed by atoms with van der Waals surface area (Å²) in [4.78, 5) is 16.4. The Morgan fingerprint density at radius 1 is 1.35 bits per heavy atom. The second-order valence-corrected chi connectivity index (χ2v) is 7.10. The van der Waals surface area contributed by atoms with E-state index >= 15 is 0 Å². The van der Waals surface area contributed by atoms with E-state index in [1.54, 1.807) is 5.38 Å². The van der Waals surface area contributed by atoms with Crippen molar-refractivity contribution >= 4 is 29.7 Å². The van der Waals surface area contributed by atoms with Gasteiger partial charge in [0.15, 0.2) is 0 Å². The fourth-order valence-electron chi connectivity index (χ4n) is 2.63. The summed E-state index contributed by atoms with van der Waals surface area (Å²) in [6, 6.07) is 10.4. The van der Waals surface area contributed by atoms with Crippen molar-refractivity contribution in [2.75, 3.05) is 0 Å². The molecule has 0 aliphatic rings. The summed E-state index contributed by atoms with van der Waals surface area (Å²) in [7, 11) is 0. The lowest BCUT2D eigenvalue weighted by Gasteiger charge is -2.29.